The van der Waals surface area contributed by atoms with Gasteiger partial charge in [-0.05, 0) is 49.9 Å². The van der Waals surface area contributed by atoms with Crippen molar-refractivity contribution in [3.8, 4) is 5.75 Å². The van der Waals surface area contributed by atoms with Gasteiger partial charge in [-0.15, -0.1) is 0 Å². The molecule has 0 saturated heterocycles. The molecule has 5 N–H and O–H groups in total. The Morgan fingerprint density at radius 1 is 1.12 bits per heavy atom. The van der Waals surface area contributed by atoms with Crippen molar-refractivity contribution in [2.75, 3.05) is 20.3 Å². The molecule has 3 amide bonds. The van der Waals surface area contributed by atoms with E-state index in [0.717, 1.165) is 5.56 Å². The van der Waals surface area contributed by atoms with E-state index >= 15 is 0 Å². The summed E-state index contributed by atoms with van der Waals surface area (Å²) in [6.07, 6.45) is 5.50. The maximum atomic E-state index is 13.1. The summed E-state index contributed by atoms with van der Waals surface area (Å²) in [4.78, 5) is 50.1. The molecule has 0 unspecified atom stereocenters. The molecule has 2 heterocycles. The lowest BCUT2D eigenvalue weighted by Gasteiger charge is -2.24. The highest BCUT2D eigenvalue weighted by Crippen LogP contribution is 2.14. The predicted molar refractivity (Wildman–Crippen MR) is 126 cm³/mol. The number of nitrogens with one attached hydrogen (secondary N) is 3. The first-order valence-electron chi connectivity index (χ1n) is 11.4. The number of fused-ring (bicyclic) bond motifs is 13. The Labute approximate surface area is 199 Å². The summed E-state index contributed by atoms with van der Waals surface area (Å²) < 4.78 is 10.5. The fourth-order valence-corrected chi connectivity index (χ4v) is 3.52. The number of methoxy groups -OCH3 is 1. The zero-order valence-electron chi connectivity index (χ0n) is 19.7. The third-order valence-electron chi connectivity index (χ3n) is 5.32. The van der Waals surface area contributed by atoms with Crippen LogP contribution in [0.15, 0.2) is 36.4 Å². The number of hydrogen-bond donors (Lipinski definition) is 4. The van der Waals surface area contributed by atoms with E-state index in [9.17, 15) is 19.2 Å². The van der Waals surface area contributed by atoms with Gasteiger partial charge in [0.05, 0.1) is 7.11 Å². The topological polar surface area (TPSA) is 149 Å². The first-order chi connectivity index (χ1) is 16.3. The number of carbonyl (C=O) groups excluding carboxylic acids is 4. The average molecular weight is 475 g/mol. The van der Waals surface area contributed by atoms with E-state index in [4.69, 9.17) is 15.2 Å². The molecule has 0 aromatic heterocycles. The molecule has 2 aliphatic heterocycles. The summed E-state index contributed by atoms with van der Waals surface area (Å²) in [6.45, 7) is 2.05. The molecule has 1 aromatic carbocycles. The van der Waals surface area contributed by atoms with Crippen LogP contribution in [0, 0.1) is 0 Å². The van der Waals surface area contributed by atoms with Gasteiger partial charge in [0.25, 0.3) is 0 Å². The fraction of sp³-hybridized carbons (Fsp3) is 0.500. The molecule has 2 bridgehead atoms. The second-order valence-electron chi connectivity index (χ2n) is 8.05. The molecule has 10 nitrogen and oxygen atoms in total. The van der Waals surface area contributed by atoms with Crippen LogP contribution in [-0.2, 0) is 30.3 Å². The summed E-state index contributed by atoms with van der Waals surface area (Å²) >= 11 is 0. The Hall–Kier alpha value is -3.40. The summed E-state index contributed by atoms with van der Waals surface area (Å²) in [6, 6.07) is 4.47. The van der Waals surface area contributed by atoms with Gasteiger partial charge in [0.15, 0.2) is 0 Å². The highest BCUT2D eigenvalue weighted by Gasteiger charge is 2.29. The third-order valence-corrected chi connectivity index (χ3v) is 5.32. The number of esters is 1. The van der Waals surface area contributed by atoms with Crippen LogP contribution in [0.2, 0.25) is 0 Å². The number of nitrogens with two attached hydrogens (primary N) is 1. The molecule has 0 radical (unpaired) electrons. The van der Waals surface area contributed by atoms with E-state index in [1.165, 1.54) is 14.0 Å². The van der Waals surface area contributed by atoms with Crippen LogP contribution >= 0.6 is 0 Å². The van der Waals surface area contributed by atoms with Gasteiger partial charge in [0, 0.05) is 13.3 Å². The summed E-state index contributed by atoms with van der Waals surface area (Å²) in [7, 11) is 1.24. The van der Waals surface area contributed by atoms with Crippen LogP contribution < -0.4 is 26.4 Å². The van der Waals surface area contributed by atoms with E-state index in [1.54, 1.807) is 24.3 Å². The molecule has 3 atom stereocenters. The Kier molecular flexibility index (Phi) is 11.0. The van der Waals surface area contributed by atoms with Crippen molar-refractivity contribution in [2.45, 2.75) is 57.2 Å². The lowest BCUT2D eigenvalue weighted by molar-refractivity contribution is -0.145. The van der Waals surface area contributed by atoms with Crippen molar-refractivity contribution >= 4 is 23.7 Å². The van der Waals surface area contributed by atoms with E-state index in [0.29, 0.717) is 31.6 Å². The maximum absolute atomic E-state index is 13.1. The van der Waals surface area contributed by atoms with E-state index in [-0.39, 0.29) is 25.4 Å². The Bertz CT molecular complexity index is 871. The zero-order valence-corrected chi connectivity index (χ0v) is 19.7. The van der Waals surface area contributed by atoms with Crippen molar-refractivity contribution in [2.24, 2.45) is 5.73 Å². The smallest absolute Gasteiger partial charge is 0.328 e. The number of amides is 3. The van der Waals surface area contributed by atoms with Gasteiger partial charge < -0.3 is 31.2 Å². The quantitative estimate of drug-likeness (QED) is 0.264. The maximum Gasteiger partial charge on any atom is 0.328 e. The first-order valence-corrected chi connectivity index (χ1v) is 11.4. The van der Waals surface area contributed by atoms with Crippen molar-refractivity contribution in [3.05, 3.63) is 42.0 Å². The molecule has 2 aliphatic rings. The summed E-state index contributed by atoms with van der Waals surface area (Å²) in [5.74, 6) is -1.35. The van der Waals surface area contributed by atoms with Crippen LogP contribution in [0.1, 0.15) is 38.2 Å². The normalized spacial score (nSPS) is 21.6. The molecule has 186 valence electrons. The van der Waals surface area contributed by atoms with Gasteiger partial charge >= 0.3 is 5.97 Å². The van der Waals surface area contributed by atoms with Gasteiger partial charge in [-0.3, -0.25) is 14.4 Å². The van der Waals surface area contributed by atoms with Gasteiger partial charge in [0.2, 0.25) is 17.7 Å². The number of ether oxygens (including phenoxy) is 2. The second-order valence-corrected chi connectivity index (χ2v) is 8.05. The van der Waals surface area contributed by atoms with Gasteiger partial charge in [-0.2, -0.15) is 0 Å². The molecule has 0 fully saturated rings. The summed E-state index contributed by atoms with van der Waals surface area (Å²) in [5.41, 5.74) is 6.39. The molecular formula is C24H34N4O6. The van der Waals surface area contributed by atoms with Gasteiger partial charge in [0.1, 0.15) is 30.5 Å². The number of rotatable bonds is 6. The standard InChI is InChI=1S/C24H34N4O6/c1-16(29)26-21-15-17-9-11-18(12-10-17)34-14-6-4-8-20(24(32)33-2)28-22(30)19(27-23(21)31)7-3-5-13-25/h4,6,9-12,19-21H,3,5,7-8,13-15,25H2,1-2H3,(H,26,29)(H,27,31)(H,28,30)/t19-,20+,21+/m1/s1. The molecular weight excluding hydrogens is 440 g/mol. The number of hydrogen-bond acceptors (Lipinski definition) is 7. The van der Waals surface area contributed by atoms with Crippen molar-refractivity contribution in [3.63, 3.8) is 0 Å². The molecule has 0 saturated carbocycles. The molecule has 10 heteroatoms. The fourth-order valence-electron chi connectivity index (χ4n) is 3.52. The summed E-state index contributed by atoms with van der Waals surface area (Å²) in [5, 5.41) is 8.06. The minimum Gasteiger partial charge on any atom is -0.490 e. The Balaban J connectivity index is 2.34. The van der Waals surface area contributed by atoms with Crippen LogP contribution in [0.25, 0.3) is 0 Å². The largest absolute Gasteiger partial charge is 0.490 e. The second kappa shape index (κ2) is 14.0. The highest BCUT2D eigenvalue weighted by molar-refractivity contribution is 5.93. The lowest BCUT2D eigenvalue weighted by Crippen LogP contribution is -2.56. The van der Waals surface area contributed by atoms with Crippen molar-refractivity contribution in [1.29, 1.82) is 0 Å². The molecule has 3 rings (SSSR count). The van der Waals surface area contributed by atoms with Crippen molar-refractivity contribution < 1.29 is 28.7 Å². The predicted octanol–water partition coefficient (Wildman–Crippen LogP) is 0.344. The van der Waals surface area contributed by atoms with Gasteiger partial charge in [-0.1, -0.05) is 24.3 Å². The molecule has 34 heavy (non-hydrogen) atoms. The molecule has 0 spiro atoms. The van der Waals surface area contributed by atoms with Gasteiger partial charge in [-0.25, -0.2) is 4.79 Å². The SMILES string of the molecule is COC(=O)[C@@H]1CC=CCOc2ccc(cc2)C[C@H](NC(C)=O)C(=O)N[C@H](CCCCN)C(=O)N1. The average Bonchev–Trinajstić information content (AvgIpc) is 2.81. The Morgan fingerprint density at radius 2 is 1.85 bits per heavy atom. The highest BCUT2D eigenvalue weighted by atomic mass is 16.5. The first kappa shape index (κ1) is 26.8. The van der Waals surface area contributed by atoms with Crippen LogP contribution in [0.4, 0.5) is 0 Å². The van der Waals surface area contributed by atoms with Crippen LogP contribution in [0.5, 0.6) is 5.75 Å². The van der Waals surface area contributed by atoms with E-state index in [2.05, 4.69) is 16.0 Å². The minimum absolute atomic E-state index is 0.193. The number of benzene rings is 1. The van der Waals surface area contributed by atoms with E-state index in [1.807, 2.05) is 12.1 Å². The zero-order chi connectivity index (χ0) is 24.9. The minimum atomic E-state index is -0.927. The van der Waals surface area contributed by atoms with Crippen LogP contribution in [0.3, 0.4) is 0 Å². The van der Waals surface area contributed by atoms with Crippen molar-refractivity contribution in [1.82, 2.24) is 16.0 Å². The molecule has 0 aliphatic carbocycles. The Morgan fingerprint density at radius 3 is 2.50 bits per heavy atom. The third kappa shape index (κ3) is 8.86. The lowest BCUT2D eigenvalue weighted by atomic mass is 10.0. The number of unbranched alkanes of at least 4 members (excludes halogenated alkanes) is 1. The monoisotopic (exact) mass is 474 g/mol. The molecule has 1 aromatic rings. The van der Waals surface area contributed by atoms with E-state index < -0.39 is 35.9 Å². The number of carbonyl (C=O) groups is 4. The van der Waals surface area contributed by atoms with Crippen LogP contribution in [-0.4, -0.2) is 62.1 Å².